The Bertz CT molecular complexity index is 453. The van der Waals surface area contributed by atoms with Gasteiger partial charge in [0.05, 0.1) is 5.02 Å². The van der Waals surface area contributed by atoms with Crippen molar-refractivity contribution >= 4 is 29.2 Å². The highest BCUT2D eigenvalue weighted by Gasteiger charge is 2.21. The van der Waals surface area contributed by atoms with Crippen LogP contribution in [-0.2, 0) is 6.54 Å². The smallest absolute Gasteiger partial charge is 0.147 e. The van der Waals surface area contributed by atoms with Gasteiger partial charge in [-0.05, 0) is 30.5 Å². The van der Waals surface area contributed by atoms with E-state index in [4.69, 9.17) is 11.6 Å². The highest BCUT2D eigenvalue weighted by Crippen LogP contribution is 2.29. The molecule has 1 N–H and O–H groups in total. The third kappa shape index (κ3) is 5.04. The zero-order valence-corrected chi connectivity index (χ0v) is 14.8. The molecule has 3 nitrogen and oxygen atoms in total. The van der Waals surface area contributed by atoms with Crippen molar-refractivity contribution in [2.24, 2.45) is 5.92 Å². The third-order valence-electron chi connectivity index (χ3n) is 3.65. The molecule has 2 rings (SSSR count). The largest absolute Gasteiger partial charge is 0.353 e. The van der Waals surface area contributed by atoms with Crippen LogP contribution in [0.4, 0.5) is 5.82 Å². The van der Waals surface area contributed by atoms with E-state index in [0.717, 1.165) is 48.3 Å². The van der Waals surface area contributed by atoms with Crippen LogP contribution in [0.3, 0.4) is 0 Å². The van der Waals surface area contributed by atoms with Crippen molar-refractivity contribution in [3.05, 3.63) is 22.8 Å². The summed E-state index contributed by atoms with van der Waals surface area (Å²) in [5, 5.41) is 4.90. The fourth-order valence-corrected chi connectivity index (χ4v) is 3.95. The zero-order valence-electron chi connectivity index (χ0n) is 13.2. The molecule has 1 aromatic rings. The molecule has 0 aliphatic carbocycles. The van der Waals surface area contributed by atoms with E-state index >= 15 is 0 Å². The third-order valence-corrected chi connectivity index (χ3v) is 5.30. The first-order valence-corrected chi connectivity index (χ1v) is 9.24. The van der Waals surface area contributed by atoms with E-state index in [1.807, 2.05) is 6.20 Å². The molecule has 1 fully saturated rings. The lowest BCUT2D eigenvalue weighted by molar-refractivity contribution is 0.552. The van der Waals surface area contributed by atoms with Crippen molar-refractivity contribution in [3.8, 4) is 0 Å². The molecule has 1 unspecified atom stereocenters. The molecule has 0 amide bonds. The molecular weight excluding hydrogens is 302 g/mol. The lowest BCUT2D eigenvalue weighted by atomic mass is 10.2. The van der Waals surface area contributed by atoms with Crippen LogP contribution in [0.2, 0.25) is 5.02 Å². The van der Waals surface area contributed by atoms with Crippen LogP contribution in [-0.4, -0.2) is 35.6 Å². The lowest BCUT2D eigenvalue weighted by Crippen LogP contribution is -2.38. The molecule has 1 aliphatic heterocycles. The second-order valence-corrected chi connectivity index (χ2v) is 7.84. The molecular formula is C16H26ClN3S. The predicted molar refractivity (Wildman–Crippen MR) is 94.5 cm³/mol. The van der Waals surface area contributed by atoms with Crippen LogP contribution in [0, 0.1) is 5.92 Å². The second kappa shape index (κ2) is 8.25. The maximum absolute atomic E-state index is 6.46. The maximum Gasteiger partial charge on any atom is 0.147 e. The van der Waals surface area contributed by atoms with Gasteiger partial charge in [-0.15, -0.1) is 0 Å². The minimum absolute atomic E-state index is 0.657. The second-order valence-electron chi connectivity index (χ2n) is 6.02. The van der Waals surface area contributed by atoms with E-state index in [-0.39, 0.29) is 0 Å². The Morgan fingerprint density at radius 1 is 1.52 bits per heavy atom. The monoisotopic (exact) mass is 327 g/mol. The Hall–Kier alpha value is -0.450. The van der Waals surface area contributed by atoms with Gasteiger partial charge >= 0.3 is 0 Å². The summed E-state index contributed by atoms with van der Waals surface area (Å²) in [6.07, 6.45) is 3.16. The first-order chi connectivity index (χ1) is 10.1. The Balaban J connectivity index is 1.98. The Kier molecular flexibility index (Phi) is 6.65. The standard InChI is InChI=1S/C16H26ClN3S/c1-4-14-11-20(5-6-21-14)16-15(17)7-13(10-19-16)9-18-8-12(2)3/h7,10,12,14,18H,4-6,8-9,11H2,1-3H3. The first-order valence-electron chi connectivity index (χ1n) is 7.81. The van der Waals surface area contributed by atoms with E-state index in [1.165, 1.54) is 6.42 Å². The minimum Gasteiger partial charge on any atom is -0.353 e. The average Bonchev–Trinajstić information content (AvgIpc) is 2.47. The molecule has 2 heterocycles. The molecule has 118 valence electrons. The highest BCUT2D eigenvalue weighted by molar-refractivity contribution is 8.00. The Morgan fingerprint density at radius 3 is 3.00 bits per heavy atom. The van der Waals surface area contributed by atoms with Gasteiger partial charge < -0.3 is 10.2 Å². The summed E-state index contributed by atoms with van der Waals surface area (Å²) in [6, 6.07) is 2.06. The molecule has 0 saturated carbocycles. The summed E-state index contributed by atoms with van der Waals surface area (Å²) >= 11 is 8.52. The number of pyridine rings is 1. The molecule has 0 bridgehead atoms. The number of nitrogens with one attached hydrogen (secondary N) is 1. The number of anilines is 1. The number of nitrogens with zero attached hydrogens (tertiary/aromatic N) is 2. The van der Waals surface area contributed by atoms with Crippen molar-refractivity contribution in [1.82, 2.24) is 10.3 Å². The quantitative estimate of drug-likeness (QED) is 0.860. The van der Waals surface area contributed by atoms with Gasteiger partial charge in [-0.3, -0.25) is 0 Å². The summed E-state index contributed by atoms with van der Waals surface area (Å²) in [5.41, 5.74) is 1.16. The van der Waals surface area contributed by atoms with E-state index < -0.39 is 0 Å². The number of hydrogen-bond acceptors (Lipinski definition) is 4. The maximum atomic E-state index is 6.46. The van der Waals surface area contributed by atoms with Crippen LogP contribution in [0.15, 0.2) is 12.3 Å². The number of thioether (sulfide) groups is 1. The summed E-state index contributed by atoms with van der Waals surface area (Å²) < 4.78 is 0. The van der Waals surface area contributed by atoms with Crippen LogP contribution in [0.5, 0.6) is 0 Å². The van der Waals surface area contributed by atoms with Gasteiger partial charge in [0.15, 0.2) is 0 Å². The molecule has 1 saturated heterocycles. The van der Waals surface area contributed by atoms with Crippen LogP contribution in [0.1, 0.15) is 32.8 Å². The van der Waals surface area contributed by atoms with Crippen LogP contribution >= 0.6 is 23.4 Å². The summed E-state index contributed by atoms with van der Waals surface area (Å²) in [7, 11) is 0. The molecule has 0 aromatic carbocycles. The van der Waals surface area contributed by atoms with E-state index in [1.54, 1.807) is 0 Å². The summed E-state index contributed by atoms with van der Waals surface area (Å²) in [6.45, 7) is 10.6. The first kappa shape index (κ1) is 16.9. The molecule has 0 radical (unpaired) electrons. The van der Waals surface area contributed by atoms with Gasteiger partial charge in [0.1, 0.15) is 5.82 Å². The molecule has 1 aromatic heterocycles. The van der Waals surface area contributed by atoms with Gasteiger partial charge in [-0.25, -0.2) is 4.98 Å². The summed E-state index contributed by atoms with van der Waals surface area (Å²) in [5.74, 6) is 2.77. The lowest BCUT2D eigenvalue weighted by Gasteiger charge is -2.33. The van der Waals surface area contributed by atoms with Gasteiger partial charge in [-0.1, -0.05) is 32.4 Å². The molecule has 1 aliphatic rings. The zero-order chi connectivity index (χ0) is 15.2. The summed E-state index contributed by atoms with van der Waals surface area (Å²) in [4.78, 5) is 6.94. The molecule has 0 spiro atoms. The number of aromatic nitrogens is 1. The van der Waals surface area contributed by atoms with Crippen molar-refractivity contribution < 1.29 is 0 Å². The Morgan fingerprint density at radius 2 is 2.33 bits per heavy atom. The highest BCUT2D eigenvalue weighted by atomic mass is 35.5. The van der Waals surface area contributed by atoms with E-state index in [2.05, 4.69) is 53.8 Å². The van der Waals surface area contributed by atoms with Crippen molar-refractivity contribution in [1.29, 1.82) is 0 Å². The fourth-order valence-electron chi connectivity index (χ4n) is 2.46. The molecule has 1 atom stereocenters. The van der Waals surface area contributed by atoms with Gasteiger partial charge in [0, 0.05) is 36.8 Å². The van der Waals surface area contributed by atoms with Crippen LogP contribution in [0.25, 0.3) is 0 Å². The van der Waals surface area contributed by atoms with Crippen LogP contribution < -0.4 is 10.2 Å². The van der Waals surface area contributed by atoms with Crippen molar-refractivity contribution in [2.75, 3.05) is 30.3 Å². The van der Waals surface area contributed by atoms with E-state index in [0.29, 0.717) is 11.2 Å². The van der Waals surface area contributed by atoms with Gasteiger partial charge in [0.25, 0.3) is 0 Å². The van der Waals surface area contributed by atoms with E-state index in [9.17, 15) is 0 Å². The minimum atomic E-state index is 0.657. The molecule has 5 heteroatoms. The Labute approximate surface area is 137 Å². The number of halogens is 1. The number of hydrogen-bond donors (Lipinski definition) is 1. The average molecular weight is 328 g/mol. The van der Waals surface area contributed by atoms with Gasteiger partial charge in [-0.2, -0.15) is 11.8 Å². The van der Waals surface area contributed by atoms with Crippen molar-refractivity contribution in [2.45, 2.75) is 39.0 Å². The van der Waals surface area contributed by atoms with Crippen molar-refractivity contribution in [3.63, 3.8) is 0 Å². The fraction of sp³-hybridized carbons (Fsp3) is 0.688. The topological polar surface area (TPSA) is 28.2 Å². The normalized spacial score (nSPS) is 19.3. The predicted octanol–water partition coefficient (Wildman–Crippen LogP) is 3.81. The number of rotatable bonds is 6. The SMILES string of the molecule is CCC1CN(c2ncc(CNCC(C)C)cc2Cl)CCS1. The van der Waals surface area contributed by atoms with Gasteiger partial charge in [0.2, 0.25) is 0 Å². The molecule has 21 heavy (non-hydrogen) atoms.